The molecule has 0 aromatic carbocycles. The van der Waals surface area contributed by atoms with Gasteiger partial charge in [0.2, 0.25) is 5.91 Å². The van der Waals surface area contributed by atoms with Crippen LogP contribution in [0.1, 0.15) is 64.2 Å². The van der Waals surface area contributed by atoms with Crippen LogP contribution in [0.5, 0.6) is 0 Å². The van der Waals surface area contributed by atoms with E-state index in [1.165, 1.54) is 57.8 Å². The minimum Gasteiger partial charge on any atom is -0.352 e. The summed E-state index contributed by atoms with van der Waals surface area (Å²) in [6.07, 6.45) is 13.2. The number of fused-ring (bicyclic) bond motifs is 1. The molecular formula is C13H23NO. The maximum Gasteiger partial charge on any atom is 0.225 e. The molecule has 0 aromatic rings. The van der Waals surface area contributed by atoms with Crippen LogP contribution in [0, 0.1) is 5.92 Å². The van der Waals surface area contributed by atoms with Crippen molar-refractivity contribution in [2.75, 3.05) is 0 Å². The number of rotatable bonds is 0. The van der Waals surface area contributed by atoms with Gasteiger partial charge in [0, 0.05) is 6.04 Å². The van der Waals surface area contributed by atoms with E-state index in [4.69, 9.17) is 0 Å². The van der Waals surface area contributed by atoms with Gasteiger partial charge >= 0.3 is 0 Å². The topological polar surface area (TPSA) is 29.1 Å². The van der Waals surface area contributed by atoms with Crippen molar-refractivity contribution in [3.05, 3.63) is 0 Å². The summed E-state index contributed by atoms with van der Waals surface area (Å²) in [5.41, 5.74) is 0. The van der Waals surface area contributed by atoms with Crippen molar-refractivity contribution in [3.8, 4) is 0 Å². The molecule has 0 aromatic heterocycles. The van der Waals surface area contributed by atoms with Crippen LogP contribution in [-0.2, 0) is 4.79 Å². The molecular weight excluding hydrogens is 186 g/mol. The first-order valence-corrected chi connectivity index (χ1v) is 6.68. The number of nitrogens with one attached hydrogen (secondary N) is 1. The number of carbonyl (C=O) groups is 1. The van der Waals surface area contributed by atoms with Crippen LogP contribution < -0.4 is 5.32 Å². The summed E-state index contributed by atoms with van der Waals surface area (Å²) >= 11 is 0. The number of carbonyl (C=O) groups excluding carboxylic acids is 1. The first kappa shape index (κ1) is 11.0. The first-order valence-electron chi connectivity index (χ1n) is 6.68. The highest BCUT2D eigenvalue weighted by molar-refractivity contribution is 5.85. The molecule has 0 spiro atoms. The van der Waals surface area contributed by atoms with Gasteiger partial charge in [-0.3, -0.25) is 4.79 Å². The van der Waals surface area contributed by atoms with Crippen LogP contribution >= 0.6 is 0 Å². The zero-order valence-electron chi connectivity index (χ0n) is 9.63. The molecule has 1 aliphatic heterocycles. The molecule has 0 bridgehead atoms. The Morgan fingerprint density at radius 2 is 1.33 bits per heavy atom. The molecule has 1 saturated carbocycles. The van der Waals surface area contributed by atoms with Crippen molar-refractivity contribution < 1.29 is 4.79 Å². The normalized spacial score (nSPS) is 34.0. The van der Waals surface area contributed by atoms with E-state index < -0.39 is 0 Å². The molecule has 2 atom stereocenters. The summed E-state index contributed by atoms with van der Waals surface area (Å²) in [5, 5.41) is 3.06. The smallest absolute Gasteiger partial charge is 0.225 e. The van der Waals surface area contributed by atoms with Gasteiger partial charge in [0.05, 0.1) is 5.92 Å². The predicted molar refractivity (Wildman–Crippen MR) is 61.6 cm³/mol. The third kappa shape index (κ3) is 2.96. The van der Waals surface area contributed by atoms with Gasteiger partial charge in [-0.15, -0.1) is 0 Å². The van der Waals surface area contributed by atoms with E-state index >= 15 is 0 Å². The largest absolute Gasteiger partial charge is 0.352 e. The quantitative estimate of drug-likeness (QED) is 0.610. The predicted octanol–water partition coefficient (Wildman–Crippen LogP) is 3.02. The monoisotopic (exact) mass is 209 g/mol. The highest BCUT2D eigenvalue weighted by Crippen LogP contribution is 2.27. The van der Waals surface area contributed by atoms with Crippen LogP contribution in [0.15, 0.2) is 0 Å². The molecule has 1 saturated heterocycles. The van der Waals surface area contributed by atoms with E-state index in [1.54, 1.807) is 0 Å². The lowest BCUT2D eigenvalue weighted by Gasteiger charge is -2.37. The van der Waals surface area contributed by atoms with Crippen LogP contribution in [-0.4, -0.2) is 11.9 Å². The lowest BCUT2D eigenvalue weighted by Crippen LogP contribution is -2.57. The van der Waals surface area contributed by atoms with E-state index in [1.807, 2.05) is 0 Å². The van der Waals surface area contributed by atoms with E-state index in [0.29, 0.717) is 17.9 Å². The van der Waals surface area contributed by atoms with Crippen molar-refractivity contribution >= 4 is 5.91 Å². The van der Waals surface area contributed by atoms with E-state index in [0.717, 1.165) is 6.42 Å². The second-order valence-electron chi connectivity index (χ2n) is 5.13. The van der Waals surface area contributed by atoms with Crippen molar-refractivity contribution in [1.82, 2.24) is 5.32 Å². The summed E-state index contributed by atoms with van der Waals surface area (Å²) in [5.74, 6) is 0.682. The molecule has 1 heterocycles. The maximum absolute atomic E-state index is 11.4. The van der Waals surface area contributed by atoms with Crippen molar-refractivity contribution in [2.24, 2.45) is 5.92 Å². The van der Waals surface area contributed by atoms with Gasteiger partial charge in [0.15, 0.2) is 0 Å². The summed E-state index contributed by atoms with van der Waals surface area (Å²) in [6.45, 7) is 0. The number of hydrogen-bond donors (Lipinski definition) is 1. The van der Waals surface area contributed by atoms with Crippen LogP contribution in [0.4, 0.5) is 0 Å². The van der Waals surface area contributed by atoms with Crippen molar-refractivity contribution in [2.45, 2.75) is 70.3 Å². The van der Waals surface area contributed by atoms with E-state index in [-0.39, 0.29) is 0 Å². The van der Waals surface area contributed by atoms with Crippen LogP contribution in [0.3, 0.4) is 0 Å². The number of β-lactam (4-membered cyclic amide) rings is 1. The summed E-state index contributed by atoms with van der Waals surface area (Å²) in [7, 11) is 0. The Morgan fingerprint density at radius 3 is 1.93 bits per heavy atom. The van der Waals surface area contributed by atoms with Crippen LogP contribution in [0.25, 0.3) is 0 Å². The molecule has 86 valence electrons. The Morgan fingerprint density at radius 1 is 0.800 bits per heavy atom. The molecule has 0 radical (unpaired) electrons. The Labute approximate surface area is 92.8 Å². The van der Waals surface area contributed by atoms with Gasteiger partial charge in [0.25, 0.3) is 0 Å². The Balaban J connectivity index is 1.78. The maximum atomic E-state index is 11.4. The number of amides is 1. The highest BCUT2D eigenvalue weighted by Gasteiger charge is 2.37. The fourth-order valence-corrected chi connectivity index (χ4v) is 2.87. The van der Waals surface area contributed by atoms with Gasteiger partial charge in [-0.05, 0) is 12.8 Å². The summed E-state index contributed by atoms with van der Waals surface area (Å²) in [6, 6.07) is 0.525. The average Bonchev–Trinajstić information content (AvgIpc) is 2.22. The fraction of sp³-hybridized carbons (Fsp3) is 0.923. The average molecular weight is 209 g/mol. The van der Waals surface area contributed by atoms with Gasteiger partial charge < -0.3 is 5.32 Å². The van der Waals surface area contributed by atoms with E-state index in [9.17, 15) is 4.79 Å². The summed E-state index contributed by atoms with van der Waals surface area (Å²) in [4.78, 5) is 11.4. The Hall–Kier alpha value is -0.530. The Kier molecular flexibility index (Phi) is 4.04. The molecule has 1 amide bonds. The van der Waals surface area contributed by atoms with Gasteiger partial charge in [0.1, 0.15) is 0 Å². The molecule has 2 rings (SSSR count). The minimum absolute atomic E-state index is 0.317. The van der Waals surface area contributed by atoms with Crippen molar-refractivity contribution in [3.63, 3.8) is 0 Å². The SMILES string of the molecule is O=C1N[C@@H]2CCCCCCCCCC[C@H]12. The number of hydrogen-bond acceptors (Lipinski definition) is 1. The molecule has 1 aliphatic carbocycles. The fourth-order valence-electron chi connectivity index (χ4n) is 2.87. The van der Waals surface area contributed by atoms with Gasteiger partial charge in [-0.2, -0.15) is 0 Å². The molecule has 1 N–H and O–H groups in total. The standard InChI is InChI=1S/C13H23NO/c15-13-11-9-7-5-3-1-2-4-6-8-10-12(11)14-13/h11-12H,1-10H2,(H,14,15)/t11-,12+/m0/s1. The van der Waals surface area contributed by atoms with Gasteiger partial charge in [-0.25, -0.2) is 0 Å². The third-order valence-electron chi connectivity index (χ3n) is 3.93. The van der Waals surface area contributed by atoms with E-state index in [2.05, 4.69) is 5.32 Å². The Bertz CT molecular complexity index is 215. The van der Waals surface area contributed by atoms with Crippen molar-refractivity contribution in [1.29, 1.82) is 0 Å². The zero-order chi connectivity index (χ0) is 10.5. The van der Waals surface area contributed by atoms with Gasteiger partial charge in [-0.1, -0.05) is 51.4 Å². The molecule has 2 aliphatic rings. The first-order chi connectivity index (χ1) is 7.38. The molecule has 2 fully saturated rings. The molecule has 15 heavy (non-hydrogen) atoms. The molecule has 2 nitrogen and oxygen atoms in total. The van der Waals surface area contributed by atoms with Crippen LogP contribution in [0.2, 0.25) is 0 Å². The second kappa shape index (κ2) is 5.53. The molecule has 0 unspecified atom stereocenters. The third-order valence-corrected chi connectivity index (χ3v) is 3.93. The molecule has 2 heteroatoms. The lowest BCUT2D eigenvalue weighted by molar-refractivity contribution is -0.135. The minimum atomic E-state index is 0.317. The zero-order valence-corrected chi connectivity index (χ0v) is 9.63. The lowest BCUT2D eigenvalue weighted by atomic mass is 9.82. The summed E-state index contributed by atoms with van der Waals surface area (Å²) < 4.78 is 0. The highest BCUT2D eigenvalue weighted by atomic mass is 16.2. The second-order valence-corrected chi connectivity index (χ2v) is 5.13.